The van der Waals surface area contributed by atoms with Gasteiger partial charge in [-0.2, -0.15) is 0 Å². The maximum Gasteiger partial charge on any atom is 0.356 e. The number of imidazole rings is 1. The molecule has 0 fully saturated rings. The molecule has 0 bridgehead atoms. The van der Waals surface area contributed by atoms with Crippen LogP contribution < -0.4 is 0 Å². The molecule has 4 nitrogen and oxygen atoms in total. The number of halogens is 2. The number of ether oxygens (including phenoxy) is 1. The number of nitrogens with one attached hydrogen (secondary N) is 1. The average molecular weight is 331 g/mol. The van der Waals surface area contributed by atoms with E-state index >= 15 is 0 Å². The fourth-order valence-corrected chi connectivity index (χ4v) is 2.57. The molecule has 1 aromatic carbocycles. The Bertz CT molecular complexity index is 709. The van der Waals surface area contributed by atoms with Crippen molar-refractivity contribution in [2.24, 2.45) is 0 Å². The molecule has 106 valence electrons. The Balaban J connectivity index is 2.50. The SMILES string of the molecule is COC(=O)c1c[nH]c(=S)n1C(C)c1ccc(Cl)c(Cl)c1. The van der Waals surface area contributed by atoms with E-state index in [1.54, 1.807) is 16.7 Å². The highest BCUT2D eigenvalue weighted by atomic mass is 35.5. The summed E-state index contributed by atoms with van der Waals surface area (Å²) in [5.41, 5.74) is 1.25. The number of methoxy groups -OCH3 is 1. The first kappa shape index (κ1) is 15.1. The molecule has 0 aliphatic rings. The molecule has 0 amide bonds. The van der Waals surface area contributed by atoms with Gasteiger partial charge in [0.25, 0.3) is 0 Å². The summed E-state index contributed by atoms with van der Waals surface area (Å²) in [5, 5.41) is 0.936. The van der Waals surface area contributed by atoms with Crippen LogP contribution in [0, 0.1) is 4.77 Å². The Hall–Kier alpha value is -1.30. The zero-order valence-electron chi connectivity index (χ0n) is 10.8. The Morgan fingerprint density at radius 1 is 1.40 bits per heavy atom. The highest BCUT2D eigenvalue weighted by Crippen LogP contribution is 2.28. The number of hydrogen-bond donors (Lipinski definition) is 1. The summed E-state index contributed by atoms with van der Waals surface area (Å²) in [6.07, 6.45) is 1.53. The third kappa shape index (κ3) is 2.75. The number of hydrogen-bond acceptors (Lipinski definition) is 3. The maximum atomic E-state index is 11.7. The van der Waals surface area contributed by atoms with Crippen LogP contribution in [0.15, 0.2) is 24.4 Å². The van der Waals surface area contributed by atoms with Crippen molar-refractivity contribution in [1.82, 2.24) is 9.55 Å². The summed E-state index contributed by atoms with van der Waals surface area (Å²) in [6.45, 7) is 1.91. The summed E-state index contributed by atoms with van der Waals surface area (Å²) in [5.74, 6) is -0.454. The summed E-state index contributed by atoms with van der Waals surface area (Å²) in [7, 11) is 1.33. The van der Waals surface area contributed by atoms with Gasteiger partial charge in [0.15, 0.2) is 4.77 Å². The highest BCUT2D eigenvalue weighted by Gasteiger charge is 2.19. The van der Waals surface area contributed by atoms with Crippen molar-refractivity contribution in [3.8, 4) is 0 Å². The van der Waals surface area contributed by atoms with Crippen molar-refractivity contribution in [2.45, 2.75) is 13.0 Å². The van der Waals surface area contributed by atoms with E-state index in [2.05, 4.69) is 4.98 Å². The molecule has 2 rings (SSSR count). The molecule has 0 radical (unpaired) electrons. The molecule has 20 heavy (non-hydrogen) atoms. The van der Waals surface area contributed by atoms with Crippen LogP contribution in [-0.2, 0) is 4.74 Å². The van der Waals surface area contributed by atoms with Gasteiger partial charge < -0.3 is 14.3 Å². The molecule has 0 aliphatic carbocycles. The van der Waals surface area contributed by atoms with Crippen molar-refractivity contribution in [1.29, 1.82) is 0 Å². The Labute approximate surface area is 131 Å². The summed E-state index contributed by atoms with van der Waals surface area (Å²) >= 11 is 17.1. The zero-order chi connectivity index (χ0) is 14.9. The number of benzene rings is 1. The monoisotopic (exact) mass is 330 g/mol. The molecule has 1 aromatic heterocycles. The first-order chi connectivity index (χ1) is 9.45. The van der Waals surface area contributed by atoms with Gasteiger partial charge in [-0.05, 0) is 36.8 Å². The number of aromatic amines is 1. The molecule has 7 heteroatoms. The number of nitrogens with zero attached hydrogens (tertiary/aromatic N) is 1. The van der Waals surface area contributed by atoms with Crippen LogP contribution in [0.2, 0.25) is 10.0 Å². The summed E-state index contributed by atoms with van der Waals surface area (Å²) in [6, 6.07) is 5.13. The minimum Gasteiger partial charge on any atom is -0.464 e. The van der Waals surface area contributed by atoms with Gasteiger partial charge in [-0.25, -0.2) is 4.79 Å². The minimum absolute atomic E-state index is 0.183. The van der Waals surface area contributed by atoms with E-state index in [1.807, 2.05) is 13.0 Å². The van der Waals surface area contributed by atoms with E-state index < -0.39 is 5.97 Å². The molecule has 0 saturated heterocycles. The lowest BCUT2D eigenvalue weighted by molar-refractivity contribution is 0.0587. The predicted octanol–water partition coefficient (Wildman–Crippen LogP) is 4.25. The van der Waals surface area contributed by atoms with Gasteiger partial charge in [0.1, 0.15) is 5.69 Å². The first-order valence-electron chi connectivity index (χ1n) is 5.79. The molecule has 1 atom stereocenters. The first-order valence-corrected chi connectivity index (χ1v) is 6.95. The van der Waals surface area contributed by atoms with Crippen molar-refractivity contribution >= 4 is 41.4 Å². The Morgan fingerprint density at radius 3 is 2.70 bits per heavy atom. The number of rotatable bonds is 3. The second-order valence-electron chi connectivity index (χ2n) is 4.19. The molecule has 1 unspecified atom stereocenters. The van der Waals surface area contributed by atoms with E-state index in [4.69, 9.17) is 40.2 Å². The van der Waals surface area contributed by atoms with E-state index in [1.165, 1.54) is 13.3 Å². The van der Waals surface area contributed by atoms with Crippen LogP contribution in [0.4, 0.5) is 0 Å². The lowest BCUT2D eigenvalue weighted by Gasteiger charge is -2.16. The van der Waals surface area contributed by atoms with Crippen molar-refractivity contribution in [3.05, 3.63) is 50.5 Å². The molecule has 0 spiro atoms. The van der Waals surface area contributed by atoms with Gasteiger partial charge in [-0.1, -0.05) is 29.3 Å². The highest BCUT2D eigenvalue weighted by molar-refractivity contribution is 7.71. The van der Waals surface area contributed by atoms with Crippen molar-refractivity contribution < 1.29 is 9.53 Å². The third-order valence-corrected chi connectivity index (χ3v) is 4.07. The Kier molecular flexibility index (Phi) is 4.52. The molecular formula is C13H12Cl2N2O2S. The van der Waals surface area contributed by atoms with Gasteiger partial charge in [0, 0.05) is 6.20 Å². The van der Waals surface area contributed by atoms with Crippen LogP contribution in [0.1, 0.15) is 29.0 Å². The molecule has 2 aromatic rings. The topological polar surface area (TPSA) is 47.0 Å². The van der Waals surface area contributed by atoms with Crippen LogP contribution >= 0.6 is 35.4 Å². The quantitative estimate of drug-likeness (QED) is 0.676. The van der Waals surface area contributed by atoms with Gasteiger partial charge in [-0.3, -0.25) is 0 Å². The molecule has 1 heterocycles. The smallest absolute Gasteiger partial charge is 0.356 e. The molecule has 1 N–H and O–H groups in total. The van der Waals surface area contributed by atoms with Crippen LogP contribution in [0.3, 0.4) is 0 Å². The predicted molar refractivity (Wildman–Crippen MR) is 81.2 cm³/mol. The van der Waals surface area contributed by atoms with E-state index in [9.17, 15) is 4.79 Å². The third-order valence-electron chi connectivity index (χ3n) is 3.02. The van der Waals surface area contributed by atoms with Crippen LogP contribution in [0.25, 0.3) is 0 Å². The van der Waals surface area contributed by atoms with Crippen LogP contribution in [0.5, 0.6) is 0 Å². The lowest BCUT2D eigenvalue weighted by Crippen LogP contribution is -2.15. The Morgan fingerprint density at radius 2 is 2.10 bits per heavy atom. The van der Waals surface area contributed by atoms with Gasteiger partial charge in [0.2, 0.25) is 0 Å². The standard InChI is InChI=1S/C13H12Cl2N2O2S/c1-7(8-3-4-9(14)10(15)5-8)17-11(12(18)19-2)6-16-13(17)20/h3-7H,1-2H3,(H,16,20). The van der Waals surface area contributed by atoms with E-state index in [0.717, 1.165) is 5.56 Å². The summed E-state index contributed by atoms with van der Waals surface area (Å²) in [4.78, 5) is 14.6. The summed E-state index contributed by atoms with van der Waals surface area (Å²) < 4.78 is 6.86. The molecule has 0 saturated carbocycles. The van der Waals surface area contributed by atoms with Gasteiger partial charge >= 0.3 is 5.97 Å². The van der Waals surface area contributed by atoms with Crippen molar-refractivity contribution in [3.63, 3.8) is 0 Å². The van der Waals surface area contributed by atoms with E-state index in [-0.39, 0.29) is 6.04 Å². The number of carbonyl (C=O) groups is 1. The largest absolute Gasteiger partial charge is 0.464 e. The second kappa shape index (κ2) is 5.99. The second-order valence-corrected chi connectivity index (χ2v) is 5.39. The van der Waals surface area contributed by atoms with Crippen LogP contribution in [-0.4, -0.2) is 22.6 Å². The minimum atomic E-state index is -0.454. The molecular weight excluding hydrogens is 319 g/mol. The number of carbonyl (C=O) groups excluding carboxylic acids is 1. The fraction of sp³-hybridized carbons (Fsp3) is 0.231. The van der Waals surface area contributed by atoms with Crippen molar-refractivity contribution in [2.75, 3.05) is 7.11 Å². The average Bonchev–Trinajstić information content (AvgIpc) is 2.82. The fourth-order valence-electron chi connectivity index (χ4n) is 1.95. The number of esters is 1. The van der Waals surface area contributed by atoms with Gasteiger partial charge in [0.05, 0.1) is 23.2 Å². The maximum absolute atomic E-state index is 11.7. The van der Waals surface area contributed by atoms with E-state index in [0.29, 0.717) is 20.5 Å². The lowest BCUT2D eigenvalue weighted by atomic mass is 10.1. The number of H-pyrrole nitrogens is 1. The van der Waals surface area contributed by atoms with Gasteiger partial charge in [-0.15, -0.1) is 0 Å². The zero-order valence-corrected chi connectivity index (χ0v) is 13.1. The molecule has 0 aliphatic heterocycles. The number of aromatic nitrogens is 2. The normalized spacial score (nSPS) is 12.2.